The number of aryl methyl sites for hydroxylation is 1. The number of fused-ring (bicyclic) bond motifs is 1. The van der Waals surface area contributed by atoms with Crippen LogP contribution >= 0.6 is 0 Å². The van der Waals surface area contributed by atoms with Gasteiger partial charge in [-0.2, -0.15) is 9.97 Å². The van der Waals surface area contributed by atoms with E-state index in [1.54, 1.807) is 7.11 Å². The fraction of sp³-hybridized carbons (Fsp3) is 0.441. The van der Waals surface area contributed by atoms with Gasteiger partial charge in [-0.1, -0.05) is 30.3 Å². The zero-order valence-electron chi connectivity index (χ0n) is 25.5. The number of aromatic nitrogens is 3. The first-order valence-electron chi connectivity index (χ1n) is 15.4. The van der Waals surface area contributed by atoms with Gasteiger partial charge in [0.1, 0.15) is 11.6 Å². The predicted molar refractivity (Wildman–Crippen MR) is 171 cm³/mol. The molecule has 2 aliphatic heterocycles. The van der Waals surface area contributed by atoms with Crippen LogP contribution in [0.5, 0.6) is 5.75 Å². The van der Waals surface area contributed by atoms with Crippen LogP contribution in [0, 0.1) is 0 Å². The molecule has 2 saturated heterocycles. The molecule has 4 aromatic rings. The van der Waals surface area contributed by atoms with Crippen molar-refractivity contribution >= 4 is 22.8 Å². The summed E-state index contributed by atoms with van der Waals surface area (Å²) in [5.41, 5.74) is 5.09. The van der Waals surface area contributed by atoms with Gasteiger partial charge < -0.3 is 29.3 Å². The van der Waals surface area contributed by atoms with Crippen LogP contribution in [0.2, 0.25) is 0 Å². The van der Waals surface area contributed by atoms with Gasteiger partial charge in [-0.3, -0.25) is 0 Å². The van der Waals surface area contributed by atoms with E-state index >= 15 is 0 Å². The van der Waals surface area contributed by atoms with E-state index in [-0.39, 0.29) is 12.2 Å². The van der Waals surface area contributed by atoms with Gasteiger partial charge in [0.25, 0.3) is 0 Å². The van der Waals surface area contributed by atoms with E-state index in [4.69, 9.17) is 29.2 Å². The molecule has 2 aliphatic rings. The Morgan fingerprint density at radius 1 is 0.907 bits per heavy atom. The highest BCUT2D eigenvalue weighted by molar-refractivity contribution is 5.90. The van der Waals surface area contributed by atoms with Gasteiger partial charge in [0.2, 0.25) is 5.95 Å². The molecule has 2 unspecified atom stereocenters. The van der Waals surface area contributed by atoms with Gasteiger partial charge in [-0.25, -0.2) is 4.98 Å². The number of ether oxygens (including phenoxy) is 3. The maximum atomic E-state index is 5.99. The number of nitrogens with zero attached hydrogens (tertiary/aromatic N) is 5. The van der Waals surface area contributed by atoms with E-state index in [0.717, 1.165) is 85.9 Å². The Balaban J connectivity index is 1.26. The van der Waals surface area contributed by atoms with Gasteiger partial charge >= 0.3 is 0 Å². The molecule has 6 rings (SSSR count). The number of benzene rings is 2. The molecule has 2 atom stereocenters. The molecule has 0 spiro atoms. The molecule has 0 bridgehead atoms. The van der Waals surface area contributed by atoms with Crippen LogP contribution in [-0.2, 0) is 22.4 Å². The average Bonchev–Trinajstić information content (AvgIpc) is 3.04. The second-order valence-corrected chi connectivity index (χ2v) is 11.5. The Hall–Kier alpha value is -3.79. The molecule has 43 heavy (non-hydrogen) atoms. The van der Waals surface area contributed by atoms with Crippen LogP contribution in [-0.4, -0.2) is 80.2 Å². The Morgan fingerprint density at radius 2 is 1.70 bits per heavy atom. The highest BCUT2D eigenvalue weighted by Gasteiger charge is 2.27. The number of nitrogens with one attached hydrogen (secondary N) is 1. The van der Waals surface area contributed by atoms with Gasteiger partial charge in [0.15, 0.2) is 5.65 Å². The van der Waals surface area contributed by atoms with Crippen molar-refractivity contribution in [2.24, 2.45) is 0 Å². The van der Waals surface area contributed by atoms with Crippen LogP contribution in [0.3, 0.4) is 0 Å². The van der Waals surface area contributed by atoms with E-state index in [0.29, 0.717) is 24.8 Å². The SMILES string of the molecule is COc1ccc(-c2ccc3c(N4CCOCC4)nc(N4CC(C)OC(C)C4)nc3n2)cc1CNCCCc1ccccc1. The molecule has 2 fully saturated rings. The molecule has 0 saturated carbocycles. The van der Waals surface area contributed by atoms with Crippen molar-refractivity contribution in [2.45, 2.75) is 45.4 Å². The van der Waals surface area contributed by atoms with Crippen LogP contribution < -0.4 is 19.9 Å². The lowest BCUT2D eigenvalue weighted by Gasteiger charge is -2.36. The van der Waals surface area contributed by atoms with E-state index in [1.807, 2.05) is 6.07 Å². The lowest BCUT2D eigenvalue weighted by atomic mass is 10.1. The minimum Gasteiger partial charge on any atom is -0.496 e. The van der Waals surface area contributed by atoms with Crippen molar-refractivity contribution in [3.63, 3.8) is 0 Å². The fourth-order valence-corrected chi connectivity index (χ4v) is 6.00. The highest BCUT2D eigenvalue weighted by Crippen LogP contribution is 2.31. The van der Waals surface area contributed by atoms with Crippen molar-refractivity contribution in [3.8, 4) is 17.0 Å². The molecular weight excluding hydrogens is 540 g/mol. The summed E-state index contributed by atoms with van der Waals surface area (Å²) in [5.74, 6) is 2.50. The second kappa shape index (κ2) is 13.7. The van der Waals surface area contributed by atoms with Gasteiger partial charge in [0, 0.05) is 43.9 Å². The maximum Gasteiger partial charge on any atom is 0.229 e. The monoisotopic (exact) mass is 582 g/mol. The number of anilines is 2. The number of morpholine rings is 2. The van der Waals surface area contributed by atoms with Crippen molar-refractivity contribution in [1.29, 1.82) is 0 Å². The van der Waals surface area contributed by atoms with Crippen LogP contribution in [0.1, 0.15) is 31.4 Å². The summed E-state index contributed by atoms with van der Waals surface area (Å²) < 4.78 is 17.3. The van der Waals surface area contributed by atoms with Crippen molar-refractivity contribution in [2.75, 3.05) is 62.8 Å². The Kier molecular flexibility index (Phi) is 9.31. The molecule has 9 heteroatoms. The first kappa shape index (κ1) is 29.3. The standard InChI is InChI=1S/C34H42N6O3/c1-24-22-40(23-25(2)43-24)34-37-32-29(33(38-34)39-16-18-42-19-17-39)12-13-30(36-32)27-11-14-31(41-3)28(20-27)21-35-15-7-10-26-8-5-4-6-9-26/h4-6,8-9,11-14,20,24-25,35H,7,10,15-19,21-23H2,1-3H3. The molecule has 9 nitrogen and oxygen atoms in total. The average molecular weight is 583 g/mol. The second-order valence-electron chi connectivity index (χ2n) is 11.5. The summed E-state index contributed by atoms with van der Waals surface area (Å²) in [4.78, 5) is 19.7. The minimum atomic E-state index is 0.110. The summed E-state index contributed by atoms with van der Waals surface area (Å²) in [7, 11) is 1.72. The predicted octanol–water partition coefficient (Wildman–Crippen LogP) is 4.87. The summed E-state index contributed by atoms with van der Waals surface area (Å²) in [6, 6.07) is 21.1. The number of hydrogen-bond donors (Lipinski definition) is 1. The molecule has 0 aliphatic carbocycles. The summed E-state index contributed by atoms with van der Waals surface area (Å²) in [5, 5.41) is 4.55. The first-order valence-corrected chi connectivity index (χ1v) is 15.4. The van der Waals surface area contributed by atoms with Gasteiger partial charge in [0.05, 0.1) is 43.6 Å². The summed E-state index contributed by atoms with van der Waals surface area (Å²) >= 11 is 0. The maximum absolute atomic E-state index is 5.99. The largest absolute Gasteiger partial charge is 0.496 e. The quantitative estimate of drug-likeness (QED) is 0.263. The summed E-state index contributed by atoms with van der Waals surface area (Å²) in [6.45, 7) is 10.3. The topological polar surface area (TPSA) is 84.9 Å². The highest BCUT2D eigenvalue weighted by atomic mass is 16.5. The van der Waals surface area contributed by atoms with Gasteiger partial charge in [-0.05, 0) is 69.1 Å². The molecule has 1 N–H and O–H groups in total. The number of methoxy groups -OCH3 is 1. The molecule has 0 amide bonds. The zero-order chi connectivity index (χ0) is 29.6. The lowest BCUT2D eigenvalue weighted by Crippen LogP contribution is -2.46. The smallest absolute Gasteiger partial charge is 0.229 e. The Labute approximate surface area is 254 Å². The number of rotatable bonds is 10. The molecule has 0 radical (unpaired) electrons. The number of hydrogen-bond acceptors (Lipinski definition) is 9. The summed E-state index contributed by atoms with van der Waals surface area (Å²) in [6.07, 6.45) is 2.36. The third kappa shape index (κ3) is 7.06. The van der Waals surface area contributed by atoms with Crippen molar-refractivity contribution in [1.82, 2.24) is 20.3 Å². The Morgan fingerprint density at radius 3 is 2.47 bits per heavy atom. The third-order valence-electron chi connectivity index (χ3n) is 8.09. The lowest BCUT2D eigenvalue weighted by molar-refractivity contribution is -0.00570. The van der Waals surface area contributed by atoms with Crippen LogP contribution in [0.25, 0.3) is 22.3 Å². The van der Waals surface area contributed by atoms with Crippen molar-refractivity contribution in [3.05, 3.63) is 71.8 Å². The molecule has 226 valence electrons. The van der Waals surface area contributed by atoms with E-state index in [9.17, 15) is 0 Å². The Bertz CT molecular complexity index is 1500. The molecular formula is C34H42N6O3. The minimum absolute atomic E-state index is 0.110. The van der Waals surface area contributed by atoms with Crippen molar-refractivity contribution < 1.29 is 14.2 Å². The zero-order valence-corrected chi connectivity index (χ0v) is 25.5. The molecule has 2 aromatic heterocycles. The number of pyridine rings is 1. The van der Waals surface area contributed by atoms with Gasteiger partial charge in [-0.15, -0.1) is 0 Å². The normalized spacial score (nSPS) is 19.1. The third-order valence-corrected chi connectivity index (χ3v) is 8.09. The first-order chi connectivity index (χ1) is 21.1. The van der Waals surface area contributed by atoms with E-state index < -0.39 is 0 Å². The van der Waals surface area contributed by atoms with E-state index in [2.05, 4.69) is 83.6 Å². The van der Waals surface area contributed by atoms with Crippen LogP contribution in [0.4, 0.5) is 11.8 Å². The molecule has 2 aromatic carbocycles. The van der Waals surface area contributed by atoms with Crippen LogP contribution in [0.15, 0.2) is 60.7 Å². The van der Waals surface area contributed by atoms with E-state index in [1.165, 1.54) is 5.56 Å². The molecule has 4 heterocycles. The fourth-order valence-electron chi connectivity index (χ4n) is 6.00.